The molecule has 0 heterocycles. The predicted octanol–water partition coefficient (Wildman–Crippen LogP) is 1.14. The Balaban J connectivity index is 0. The molecule has 1 atom stereocenters. The SMILES string of the molecule is CCC(C)(C(=O)O)c1ccccc1.[LiH].[NaH]. The van der Waals surface area contributed by atoms with Crippen molar-refractivity contribution in [2.45, 2.75) is 25.7 Å². The Morgan fingerprint density at radius 2 is 1.80 bits per heavy atom. The van der Waals surface area contributed by atoms with Crippen molar-refractivity contribution in [1.29, 1.82) is 0 Å². The van der Waals surface area contributed by atoms with E-state index in [4.69, 9.17) is 5.11 Å². The van der Waals surface area contributed by atoms with Crippen LogP contribution in [0.2, 0.25) is 0 Å². The van der Waals surface area contributed by atoms with Crippen LogP contribution in [-0.2, 0) is 10.2 Å². The van der Waals surface area contributed by atoms with Crippen molar-refractivity contribution in [1.82, 2.24) is 0 Å². The van der Waals surface area contributed by atoms with Crippen LogP contribution in [-0.4, -0.2) is 59.5 Å². The van der Waals surface area contributed by atoms with Gasteiger partial charge in [-0.2, -0.15) is 0 Å². The van der Waals surface area contributed by atoms with E-state index < -0.39 is 11.4 Å². The van der Waals surface area contributed by atoms with Gasteiger partial charge in [-0.3, -0.25) is 4.79 Å². The first-order chi connectivity index (χ1) is 6.11. The fourth-order valence-electron chi connectivity index (χ4n) is 1.28. The number of hydrogen-bond donors (Lipinski definition) is 1. The molecule has 0 aliphatic heterocycles. The second-order valence-corrected chi connectivity index (χ2v) is 3.36. The van der Waals surface area contributed by atoms with Crippen molar-refractivity contribution < 1.29 is 9.90 Å². The third-order valence-electron chi connectivity index (χ3n) is 2.59. The summed E-state index contributed by atoms with van der Waals surface area (Å²) >= 11 is 0. The second kappa shape index (κ2) is 7.54. The Morgan fingerprint density at radius 3 is 2.13 bits per heavy atom. The molecule has 0 aliphatic carbocycles. The molecule has 2 nitrogen and oxygen atoms in total. The summed E-state index contributed by atoms with van der Waals surface area (Å²) in [5.41, 5.74) is 0.117. The van der Waals surface area contributed by atoms with Gasteiger partial charge in [0.1, 0.15) is 0 Å². The van der Waals surface area contributed by atoms with Crippen LogP contribution in [0.15, 0.2) is 30.3 Å². The van der Waals surface area contributed by atoms with E-state index >= 15 is 0 Å². The summed E-state index contributed by atoms with van der Waals surface area (Å²) < 4.78 is 0. The fraction of sp³-hybridized carbons (Fsp3) is 0.364. The Bertz CT molecular complexity index is 303. The van der Waals surface area contributed by atoms with Gasteiger partial charge in [-0.05, 0) is 18.9 Å². The van der Waals surface area contributed by atoms with Gasteiger partial charge in [-0.1, -0.05) is 37.3 Å². The van der Waals surface area contributed by atoms with Crippen LogP contribution in [0.3, 0.4) is 0 Å². The Kier molecular flexibility index (Phi) is 8.89. The zero-order chi connectivity index (χ0) is 9.90. The first-order valence-electron chi connectivity index (χ1n) is 4.40. The zero-order valence-electron chi connectivity index (χ0n) is 7.95. The molecule has 0 amide bonds. The van der Waals surface area contributed by atoms with Crippen molar-refractivity contribution in [2.75, 3.05) is 0 Å². The van der Waals surface area contributed by atoms with E-state index in [1.54, 1.807) is 6.92 Å². The topological polar surface area (TPSA) is 37.3 Å². The molecule has 0 aromatic heterocycles. The number of carboxylic acids is 1. The summed E-state index contributed by atoms with van der Waals surface area (Å²) in [6, 6.07) is 9.34. The number of aliphatic carboxylic acids is 1. The maximum absolute atomic E-state index is 11.1. The first-order valence-corrected chi connectivity index (χ1v) is 4.40. The fourth-order valence-corrected chi connectivity index (χ4v) is 1.28. The van der Waals surface area contributed by atoms with Gasteiger partial charge in [0.25, 0.3) is 0 Å². The molecule has 0 aliphatic rings. The molecule has 74 valence electrons. The molecule has 1 aromatic rings. The van der Waals surface area contributed by atoms with Crippen LogP contribution in [0.4, 0.5) is 0 Å². The average Bonchev–Trinajstić information content (AvgIpc) is 2.17. The Labute approximate surface area is 125 Å². The third-order valence-corrected chi connectivity index (χ3v) is 2.59. The standard InChI is InChI=1S/C11H14O2.Li.Na.2H/c1-3-11(2,10(12)13)9-7-5-4-6-8-9;;;;/h4-8H,3H2,1-2H3,(H,12,13);;;;. The van der Waals surface area contributed by atoms with Crippen molar-refractivity contribution in [3.8, 4) is 0 Å². The minimum absolute atomic E-state index is 0. The maximum atomic E-state index is 11.1. The van der Waals surface area contributed by atoms with E-state index in [1.807, 2.05) is 37.3 Å². The molecule has 0 bridgehead atoms. The summed E-state index contributed by atoms with van der Waals surface area (Å²) in [7, 11) is 0. The minimum atomic E-state index is -0.763. The van der Waals surface area contributed by atoms with Crippen molar-refractivity contribution in [3.63, 3.8) is 0 Å². The van der Waals surface area contributed by atoms with Crippen LogP contribution in [0.1, 0.15) is 25.8 Å². The zero-order valence-corrected chi connectivity index (χ0v) is 7.95. The van der Waals surface area contributed by atoms with Gasteiger partial charge in [0.15, 0.2) is 0 Å². The van der Waals surface area contributed by atoms with Gasteiger partial charge in [0.2, 0.25) is 0 Å². The van der Waals surface area contributed by atoms with Crippen molar-refractivity contribution >= 4 is 54.4 Å². The van der Waals surface area contributed by atoms with E-state index in [0.29, 0.717) is 6.42 Å². The van der Waals surface area contributed by atoms with E-state index in [9.17, 15) is 4.79 Å². The summed E-state index contributed by atoms with van der Waals surface area (Å²) in [5, 5.41) is 9.09. The molecule has 4 heteroatoms. The monoisotopic (exact) mass is 210 g/mol. The molecule has 0 radical (unpaired) electrons. The normalized spacial score (nSPS) is 12.9. The van der Waals surface area contributed by atoms with E-state index in [1.165, 1.54) is 0 Å². The van der Waals surface area contributed by atoms with Crippen molar-refractivity contribution in [3.05, 3.63) is 35.9 Å². The average molecular weight is 210 g/mol. The van der Waals surface area contributed by atoms with Crippen LogP contribution in [0, 0.1) is 0 Å². The van der Waals surface area contributed by atoms with Crippen LogP contribution in [0.25, 0.3) is 0 Å². The van der Waals surface area contributed by atoms with Crippen LogP contribution in [0.5, 0.6) is 0 Å². The molecule has 1 rings (SSSR count). The van der Waals surface area contributed by atoms with Crippen molar-refractivity contribution in [2.24, 2.45) is 0 Å². The molecule has 0 fully saturated rings. The van der Waals surface area contributed by atoms with Gasteiger partial charge in [0, 0.05) is 0 Å². The van der Waals surface area contributed by atoms with E-state index in [0.717, 1.165) is 5.56 Å². The molecule has 15 heavy (non-hydrogen) atoms. The van der Waals surface area contributed by atoms with Gasteiger partial charge in [-0.15, -0.1) is 0 Å². The van der Waals surface area contributed by atoms with Gasteiger partial charge >= 0.3 is 54.4 Å². The van der Waals surface area contributed by atoms with Crippen LogP contribution >= 0.6 is 0 Å². The number of hydrogen-bond acceptors (Lipinski definition) is 1. The number of benzene rings is 1. The molecule has 0 spiro atoms. The van der Waals surface area contributed by atoms with Gasteiger partial charge in [0.05, 0.1) is 5.41 Å². The van der Waals surface area contributed by atoms with Gasteiger partial charge in [-0.25, -0.2) is 0 Å². The third kappa shape index (κ3) is 3.98. The molecule has 1 unspecified atom stereocenters. The Morgan fingerprint density at radius 1 is 1.33 bits per heavy atom. The summed E-state index contributed by atoms with van der Waals surface area (Å²) in [4.78, 5) is 11.1. The molecule has 1 N–H and O–H groups in total. The second-order valence-electron chi connectivity index (χ2n) is 3.36. The van der Waals surface area contributed by atoms with Crippen LogP contribution < -0.4 is 0 Å². The van der Waals surface area contributed by atoms with E-state index in [-0.39, 0.29) is 48.4 Å². The van der Waals surface area contributed by atoms with Gasteiger partial charge < -0.3 is 5.11 Å². The molecule has 1 aromatic carbocycles. The quantitative estimate of drug-likeness (QED) is 0.759. The molecule has 0 saturated carbocycles. The number of carboxylic acid groups (broad SMARTS) is 1. The van der Waals surface area contributed by atoms with E-state index in [2.05, 4.69) is 0 Å². The molecular formula is C11H16LiNaO2. The summed E-state index contributed by atoms with van der Waals surface area (Å²) in [6.45, 7) is 3.64. The summed E-state index contributed by atoms with van der Waals surface area (Å²) in [5.74, 6) is -0.763. The molecule has 0 saturated heterocycles. The predicted molar refractivity (Wildman–Crippen MR) is 66.0 cm³/mol. The number of carbonyl (C=O) groups is 1. The molecular weight excluding hydrogens is 194 g/mol. The summed E-state index contributed by atoms with van der Waals surface area (Å²) in [6.07, 6.45) is 0.604. The first kappa shape index (κ1) is 17.7. The number of rotatable bonds is 3. The Hall–Kier alpha value is 0.287.